The van der Waals surface area contributed by atoms with Gasteiger partial charge in [0.25, 0.3) is 0 Å². The highest BCUT2D eigenvalue weighted by Crippen LogP contribution is 2.18. The molecule has 2 aromatic heterocycles. The molecule has 2 heterocycles. The van der Waals surface area contributed by atoms with Crippen LogP contribution in [0, 0.1) is 11.1 Å². The van der Waals surface area contributed by atoms with Gasteiger partial charge in [-0.15, -0.1) is 12.4 Å². The van der Waals surface area contributed by atoms with E-state index in [1.807, 2.05) is 109 Å². The number of carbonyl (C=O) groups is 5. The molecule has 22 nitrogen and oxygen atoms in total. The Balaban J connectivity index is 0.000000675. The van der Waals surface area contributed by atoms with Crippen molar-refractivity contribution in [3.05, 3.63) is 145 Å². The van der Waals surface area contributed by atoms with Crippen molar-refractivity contribution >= 4 is 103 Å². The van der Waals surface area contributed by atoms with Crippen LogP contribution < -0.4 is 26.6 Å². The molecule has 6 aromatic rings. The summed E-state index contributed by atoms with van der Waals surface area (Å²) >= 11 is 0. The Morgan fingerprint density at radius 1 is 0.595 bits per heavy atom. The maximum atomic E-state index is 12.6. The number of ether oxygens (including phenoxy) is 5. The van der Waals surface area contributed by atoms with E-state index >= 15 is 0 Å². The van der Waals surface area contributed by atoms with Gasteiger partial charge in [0.2, 0.25) is 0 Å². The molecule has 398 valence electrons. The van der Waals surface area contributed by atoms with Crippen molar-refractivity contribution in [3.8, 4) is 0 Å². The van der Waals surface area contributed by atoms with E-state index in [0.29, 0.717) is 11.6 Å². The number of fused-ring (bicyclic) bond motifs is 2. The summed E-state index contributed by atoms with van der Waals surface area (Å²) in [4.78, 5) is 70.9. The van der Waals surface area contributed by atoms with E-state index in [1.165, 1.54) is 11.9 Å². The van der Waals surface area contributed by atoms with Gasteiger partial charge in [-0.25, -0.2) is 33.9 Å². The van der Waals surface area contributed by atoms with Gasteiger partial charge in [-0.2, -0.15) is 38.1 Å². The van der Waals surface area contributed by atoms with E-state index < -0.39 is 42.1 Å². The largest absolute Gasteiger partial charge is 0.448 e. The van der Waals surface area contributed by atoms with Gasteiger partial charge < -0.3 is 44.5 Å². The van der Waals surface area contributed by atoms with Gasteiger partial charge in [0.1, 0.15) is 43.7 Å². The first kappa shape index (κ1) is 64.2. The minimum absolute atomic E-state index is 0. The van der Waals surface area contributed by atoms with Gasteiger partial charge in [0, 0.05) is 43.3 Å². The maximum absolute atomic E-state index is 12.6. The number of nitrogens with zero attached hydrogens (tertiary/aromatic N) is 5. The topological polar surface area (TPSA) is 293 Å². The summed E-state index contributed by atoms with van der Waals surface area (Å²) in [6.45, 7) is 5.57. The molecule has 4 aromatic carbocycles. The Labute approximate surface area is 448 Å². The van der Waals surface area contributed by atoms with Crippen molar-refractivity contribution in [3.63, 3.8) is 0 Å². The summed E-state index contributed by atoms with van der Waals surface area (Å²) in [7, 11) is 3.22. The molecule has 0 bridgehead atoms. The number of likely N-dealkylation sites (N-methyl/N-ethyl adjacent to an activating group) is 2. The molecule has 0 aliphatic rings. The number of carbonyl (C=O) groups excluding carboxylic acids is 5. The molecule has 0 aliphatic carbocycles. The van der Waals surface area contributed by atoms with Crippen molar-refractivity contribution in [2.24, 2.45) is 10.4 Å². The Morgan fingerprint density at radius 2 is 1.00 bits per heavy atom. The molecule has 2 atom stereocenters. The van der Waals surface area contributed by atoms with Crippen molar-refractivity contribution in [2.45, 2.75) is 51.7 Å². The van der Waals surface area contributed by atoms with Crippen LogP contribution in [-0.4, -0.2) is 103 Å². The molecule has 0 saturated carbocycles. The van der Waals surface area contributed by atoms with Crippen LogP contribution in [0.15, 0.2) is 144 Å². The van der Waals surface area contributed by atoms with E-state index in [-0.39, 0.29) is 85.0 Å². The predicted octanol–water partition coefficient (Wildman–Crippen LogP) is 9.85. The van der Waals surface area contributed by atoms with E-state index in [1.54, 1.807) is 52.3 Å². The van der Waals surface area contributed by atoms with Crippen LogP contribution in [0.1, 0.15) is 31.9 Å². The average Bonchev–Trinajstić information content (AvgIpc) is 3.37. The Bertz CT molecular complexity index is 2670. The molecule has 6 rings (SSSR count). The highest BCUT2D eigenvalue weighted by atomic mass is 35.5. The highest BCUT2D eigenvalue weighted by Gasteiger charge is 2.27. The number of anilines is 2. The summed E-state index contributed by atoms with van der Waals surface area (Å²) in [6.07, 6.45) is 0.125. The number of rotatable bonds is 17. The molecule has 0 radical (unpaired) electrons. The van der Waals surface area contributed by atoms with E-state index in [2.05, 4.69) is 47.0 Å². The van der Waals surface area contributed by atoms with Gasteiger partial charge >= 0.3 is 30.5 Å². The van der Waals surface area contributed by atoms with Gasteiger partial charge in [-0.3, -0.25) is 10.6 Å². The van der Waals surface area contributed by atoms with E-state index in [9.17, 15) is 24.0 Å². The Kier molecular flexibility index (Phi) is 30.0. The fraction of sp³-hybridized carbons (Fsp3) is 0.286. The molecular formula is C49H63ClN12O10S2. The summed E-state index contributed by atoms with van der Waals surface area (Å²) < 4.78 is 26.4. The number of nitrogens with one attached hydrogen (secondary N) is 7. The molecule has 0 aliphatic heterocycles. The van der Waals surface area contributed by atoms with Crippen LogP contribution >= 0.6 is 39.4 Å². The van der Waals surface area contributed by atoms with Crippen LogP contribution in [0.5, 0.6) is 0 Å². The zero-order valence-corrected chi connectivity index (χ0v) is 44.1. The summed E-state index contributed by atoms with van der Waals surface area (Å²) in [5, 5.41) is 21.8. The number of pyridine rings is 2. The number of alkyl carbamates (subject to hydrolysis) is 2. The molecule has 5 amide bonds. The lowest BCUT2D eigenvalue weighted by molar-refractivity contribution is 0.0148. The number of hydrogen-bond donors (Lipinski definition) is 7. The Hall–Kier alpha value is -7.80. The van der Waals surface area contributed by atoms with Crippen molar-refractivity contribution in [1.29, 1.82) is 11.1 Å². The lowest BCUT2D eigenvalue weighted by Gasteiger charge is -2.30. The second-order valence-electron chi connectivity index (χ2n) is 16.1. The normalized spacial score (nSPS) is 10.8. The maximum Gasteiger partial charge on any atom is 0.412 e. The molecule has 0 unspecified atom stereocenters. The van der Waals surface area contributed by atoms with Crippen LogP contribution in [-0.2, 0) is 36.9 Å². The second kappa shape index (κ2) is 34.5. The minimum Gasteiger partial charge on any atom is -0.448 e. The van der Waals surface area contributed by atoms with Gasteiger partial charge in [-0.05, 0) is 72.3 Å². The molecule has 0 fully saturated rings. The van der Waals surface area contributed by atoms with E-state index in [4.69, 9.17) is 34.7 Å². The molecule has 7 N–H and O–H groups in total. The van der Waals surface area contributed by atoms with Crippen LogP contribution in [0.4, 0.5) is 35.6 Å². The molecular weight excluding hydrogens is 1020 g/mol. The van der Waals surface area contributed by atoms with Crippen LogP contribution in [0.3, 0.4) is 0 Å². The number of halogens is 1. The fourth-order valence-corrected chi connectivity index (χ4v) is 5.92. The standard InChI is InChI=1S/C27H32N4O6.C22H24N4O4.ClH.H2N4.2H2S/c1-27(2,3)37-26(34)31(4)22(16-29-24(32)35-17-19-10-6-5-7-11-19)18-36-25(33)30-23-14-20-12-8-9-13-21(20)15-28-23;1-23-19(13-25-21(27)29-14-16-7-3-2-4-8-16)15-30-22(28)26-20-11-17-9-5-6-10-18(17)12-24-20;;1-3-4-2;;/h5-15,22H,16-18H2,1-4H3,(H,29,32)(H,28,30,33);2-12,19,23H,13-15H2,1H3,(H,25,27)(H,24,26,28);1H;1-2H;2*1H2/t22-;19-;;;;/m00..../s1. The third-order valence-electron chi connectivity index (χ3n) is 9.63. The number of hydrogen-bond acceptors (Lipinski definition) is 15. The first-order valence-corrected chi connectivity index (χ1v) is 22.0. The highest BCUT2D eigenvalue weighted by molar-refractivity contribution is 7.59. The SMILES string of the molecule is CN(C(=O)OC(C)(C)C)[C@@H](CNC(=O)OCc1ccccc1)COC(=O)Nc1cc2ccccc2cn1.CN[C@@H](CNC(=O)OCc1ccccc1)COC(=O)Nc1cc2ccccc2cn1.Cl.N=NN=N.S.S. The average molecular weight is 1080 g/mol. The van der Waals surface area contributed by atoms with Gasteiger partial charge in [-0.1, -0.05) is 109 Å². The third kappa shape index (κ3) is 24.6. The second-order valence-corrected chi connectivity index (χ2v) is 16.1. The summed E-state index contributed by atoms with van der Waals surface area (Å²) in [5.41, 5.74) is 12.5. The minimum atomic E-state index is -0.753. The van der Waals surface area contributed by atoms with Crippen molar-refractivity contribution < 1.29 is 47.7 Å². The zero-order chi connectivity index (χ0) is 51.4. The monoisotopic (exact) mass is 1080 g/mol. The summed E-state index contributed by atoms with van der Waals surface area (Å²) in [5.74, 6) is 0.727. The lowest BCUT2D eigenvalue weighted by Crippen LogP contribution is -2.49. The smallest absolute Gasteiger partial charge is 0.412 e. The first-order valence-electron chi connectivity index (χ1n) is 22.0. The Morgan fingerprint density at radius 3 is 1.42 bits per heavy atom. The van der Waals surface area contributed by atoms with E-state index in [0.717, 1.165) is 32.7 Å². The fourth-order valence-electron chi connectivity index (χ4n) is 5.92. The van der Waals surface area contributed by atoms with Gasteiger partial charge in [0.05, 0.1) is 12.1 Å². The third-order valence-corrected chi connectivity index (χ3v) is 9.63. The molecule has 74 heavy (non-hydrogen) atoms. The quantitative estimate of drug-likeness (QED) is 0.0254. The summed E-state index contributed by atoms with van der Waals surface area (Å²) in [6, 6.07) is 36.5. The zero-order valence-electron chi connectivity index (χ0n) is 41.3. The van der Waals surface area contributed by atoms with Crippen LogP contribution in [0.2, 0.25) is 0 Å². The van der Waals surface area contributed by atoms with Crippen molar-refractivity contribution in [1.82, 2.24) is 30.8 Å². The predicted molar refractivity (Wildman–Crippen MR) is 292 cm³/mol. The lowest BCUT2D eigenvalue weighted by atomic mass is 10.2. The molecule has 0 spiro atoms. The number of amides is 5. The molecule has 25 heteroatoms. The van der Waals surface area contributed by atoms with Gasteiger partial charge in [0.15, 0.2) is 0 Å². The molecule has 0 saturated heterocycles. The number of aromatic nitrogens is 2. The van der Waals surface area contributed by atoms with Crippen molar-refractivity contribution in [2.75, 3.05) is 51.0 Å². The van der Waals surface area contributed by atoms with Crippen LogP contribution in [0.25, 0.3) is 21.5 Å². The first-order chi connectivity index (χ1) is 34.2. The number of benzene rings is 4.